The molecule has 1 aliphatic rings. The van der Waals surface area contributed by atoms with Crippen molar-refractivity contribution in [3.8, 4) is 0 Å². The summed E-state index contributed by atoms with van der Waals surface area (Å²) in [6.45, 7) is 4.79. The smallest absolute Gasteiger partial charge is 0.317 e. The number of nitrogens with one attached hydrogen (secondary N) is 1. The largest absolute Gasteiger partial charge is 0.396 e. The Hall–Kier alpha value is -0.770. The number of hydrogen-bond donors (Lipinski definition) is 2. The summed E-state index contributed by atoms with van der Waals surface area (Å²) in [5, 5.41) is 12.0. The molecule has 4 nitrogen and oxygen atoms in total. The van der Waals surface area contributed by atoms with Crippen molar-refractivity contribution in [1.82, 2.24) is 10.2 Å². The predicted octanol–water partition coefficient (Wildman–Crippen LogP) is 2.12. The first-order valence-corrected chi connectivity index (χ1v) is 6.83. The molecule has 1 aliphatic carbocycles. The highest BCUT2D eigenvalue weighted by Crippen LogP contribution is 2.17. The minimum Gasteiger partial charge on any atom is -0.396 e. The second-order valence-corrected chi connectivity index (χ2v) is 5.15. The maximum Gasteiger partial charge on any atom is 0.317 e. The molecule has 1 rings (SSSR count). The monoisotopic (exact) mass is 242 g/mol. The van der Waals surface area contributed by atoms with Gasteiger partial charge in [0, 0.05) is 25.2 Å². The summed E-state index contributed by atoms with van der Waals surface area (Å²) in [4.78, 5) is 13.9. The van der Waals surface area contributed by atoms with Crippen molar-refractivity contribution in [3.05, 3.63) is 0 Å². The van der Waals surface area contributed by atoms with E-state index in [4.69, 9.17) is 5.11 Å². The number of aliphatic hydroxyl groups excluding tert-OH is 1. The van der Waals surface area contributed by atoms with Crippen LogP contribution in [0, 0.1) is 0 Å². The van der Waals surface area contributed by atoms with E-state index < -0.39 is 0 Å². The lowest BCUT2D eigenvalue weighted by Crippen LogP contribution is -2.48. The fraction of sp³-hybridized carbons (Fsp3) is 0.923. The Bertz CT molecular complexity index is 225. The molecule has 0 aromatic heterocycles. The molecule has 0 spiro atoms. The third kappa shape index (κ3) is 4.94. The van der Waals surface area contributed by atoms with Gasteiger partial charge in [0.1, 0.15) is 0 Å². The molecule has 1 fully saturated rings. The van der Waals surface area contributed by atoms with E-state index in [1.807, 2.05) is 18.7 Å². The van der Waals surface area contributed by atoms with Gasteiger partial charge < -0.3 is 15.3 Å². The number of rotatable bonds is 5. The topological polar surface area (TPSA) is 52.6 Å². The highest BCUT2D eigenvalue weighted by molar-refractivity contribution is 5.74. The standard InChI is InChI=1S/C13H26N2O2/c1-11(2)15(9-6-10-16)13(17)14-12-7-4-3-5-8-12/h11-12,16H,3-10H2,1-2H3,(H,14,17). The number of carbonyl (C=O) groups is 1. The second-order valence-electron chi connectivity index (χ2n) is 5.15. The molecule has 4 heteroatoms. The molecule has 0 radical (unpaired) electrons. The van der Waals surface area contributed by atoms with Crippen LogP contribution in [0.5, 0.6) is 0 Å². The fourth-order valence-corrected chi connectivity index (χ4v) is 2.34. The molecule has 1 saturated carbocycles. The van der Waals surface area contributed by atoms with Gasteiger partial charge in [-0.15, -0.1) is 0 Å². The normalized spacial score (nSPS) is 17.2. The number of carbonyl (C=O) groups excluding carboxylic acids is 1. The van der Waals surface area contributed by atoms with Gasteiger partial charge in [0.2, 0.25) is 0 Å². The summed E-state index contributed by atoms with van der Waals surface area (Å²) in [6, 6.07) is 0.567. The van der Waals surface area contributed by atoms with Crippen LogP contribution in [-0.2, 0) is 0 Å². The highest BCUT2D eigenvalue weighted by atomic mass is 16.3. The summed E-state index contributed by atoms with van der Waals surface area (Å²) in [5.41, 5.74) is 0. The molecule has 0 unspecified atom stereocenters. The van der Waals surface area contributed by atoms with E-state index in [1.165, 1.54) is 19.3 Å². The Morgan fingerprint density at radius 2 is 2.00 bits per heavy atom. The van der Waals surface area contributed by atoms with Crippen molar-refractivity contribution in [2.24, 2.45) is 0 Å². The summed E-state index contributed by atoms with van der Waals surface area (Å²) >= 11 is 0. The van der Waals surface area contributed by atoms with E-state index in [2.05, 4.69) is 5.32 Å². The van der Waals surface area contributed by atoms with Crippen molar-refractivity contribution >= 4 is 6.03 Å². The molecular weight excluding hydrogens is 216 g/mol. The lowest BCUT2D eigenvalue weighted by Gasteiger charge is -2.30. The zero-order valence-electron chi connectivity index (χ0n) is 11.1. The van der Waals surface area contributed by atoms with Crippen molar-refractivity contribution in [2.45, 2.75) is 64.5 Å². The van der Waals surface area contributed by atoms with Gasteiger partial charge in [-0.1, -0.05) is 19.3 Å². The van der Waals surface area contributed by atoms with E-state index >= 15 is 0 Å². The minimum atomic E-state index is 0.0281. The molecule has 0 atom stereocenters. The summed E-state index contributed by atoms with van der Waals surface area (Å²) < 4.78 is 0. The number of urea groups is 1. The first kappa shape index (κ1) is 14.3. The summed E-state index contributed by atoms with van der Waals surface area (Å²) in [5.74, 6) is 0. The van der Waals surface area contributed by atoms with Gasteiger partial charge in [0.05, 0.1) is 0 Å². The predicted molar refractivity (Wildman–Crippen MR) is 68.9 cm³/mol. The number of amides is 2. The first-order chi connectivity index (χ1) is 8.15. The Labute approximate surface area is 104 Å². The van der Waals surface area contributed by atoms with Crippen molar-refractivity contribution in [1.29, 1.82) is 0 Å². The zero-order valence-corrected chi connectivity index (χ0v) is 11.1. The average Bonchev–Trinajstić information content (AvgIpc) is 2.30. The van der Waals surface area contributed by atoms with E-state index in [9.17, 15) is 4.79 Å². The Morgan fingerprint density at radius 1 is 1.35 bits per heavy atom. The van der Waals surface area contributed by atoms with E-state index in [0.717, 1.165) is 12.8 Å². The van der Waals surface area contributed by atoms with Crippen molar-refractivity contribution in [2.75, 3.05) is 13.2 Å². The van der Waals surface area contributed by atoms with Crippen LogP contribution in [0.3, 0.4) is 0 Å². The van der Waals surface area contributed by atoms with Crippen LogP contribution in [-0.4, -0.2) is 41.3 Å². The van der Waals surface area contributed by atoms with Gasteiger partial charge >= 0.3 is 6.03 Å². The molecule has 2 N–H and O–H groups in total. The Kier molecular flexibility index (Phi) is 6.34. The average molecular weight is 242 g/mol. The van der Waals surface area contributed by atoms with Gasteiger partial charge in [-0.05, 0) is 33.1 Å². The van der Waals surface area contributed by atoms with Gasteiger partial charge in [-0.3, -0.25) is 0 Å². The van der Waals surface area contributed by atoms with Crippen LogP contribution in [0.1, 0.15) is 52.4 Å². The van der Waals surface area contributed by atoms with Crippen LogP contribution in [0.2, 0.25) is 0 Å². The lowest BCUT2D eigenvalue weighted by atomic mass is 9.96. The van der Waals surface area contributed by atoms with Crippen LogP contribution in [0.4, 0.5) is 4.79 Å². The SMILES string of the molecule is CC(C)N(CCCO)C(=O)NC1CCCCC1. The first-order valence-electron chi connectivity index (χ1n) is 6.83. The maximum absolute atomic E-state index is 12.1. The molecule has 100 valence electrons. The van der Waals surface area contributed by atoms with Gasteiger partial charge in [0.25, 0.3) is 0 Å². The van der Waals surface area contributed by atoms with Crippen LogP contribution in [0.15, 0.2) is 0 Å². The lowest BCUT2D eigenvalue weighted by molar-refractivity contribution is 0.168. The zero-order chi connectivity index (χ0) is 12.7. The number of nitrogens with zero attached hydrogens (tertiary/aromatic N) is 1. The molecule has 0 bridgehead atoms. The summed E-state index contributed by atoms with van der Waals surface area (Å²) in [6.07, 6.45) is 6.61. The molecule has 0 aromatic rings. The van der Waals surface area contributed by atoms with E-state index in [-0.39, 0.29) is 18.7 Å². The van der Waals surface area contributed by atoms with Crippen LogP contribution >= 0.6 is 0 Å². The van der Waals surface area contributed by atoms with Crippen LogP contribution < -0.4 is 5.32 Å². The summed E-state index contributed by atoms with van der Waals surface area (Å²) in [7, 11) is 0. The maximum atomic E-state index is 12.1. The molecule has 17 heavy (non-hydrogen) atoms. The second kappa shape index (κ2) is 7.54. The number of hydrogen-bond acceptors (Lipinski definition) is 2. The quantitative estimate of drug-likeness (QED) is 0.776. The molecule has 0 aliphatic heterocycles. The fourth-order valence-electron chi connectivity index (χ4n) is 2.34. The van der Waals surface area contributed by atoms with E-state index in [0.29, 0.717) is 19.0 Å². The molecule has 0 saturated heterocycles. The molecule has 0 heterocycles. The van der Waals surface area contributed by atoms with Gasteiger partial charge in [-0.25, -0.2) is 4.79 Å². The molecule has 2 amide bonds. The Balaban J connectivity index is 2.40. The van der Waals surface area contributed by atoms with Crippen LogP contribution in [0.25, 0.3) is 0 Å². The van der Waals surface area contributed by atoms with E-state index in [1.54, 1.807) is 0 Å². The third-order valence-electron chi connectivity index (χ3n) is 3.37. The third-order valence-corrected chi connectivity index (χ3v) is 3.37. The van der Waals surface area contributed by atoms with Crippen molar-refractivity contribution < 1.29 is 9.90 Å². The number of aliphatic hydroxyl groups is 1. The highest BCUT2D eigenvalue weighted by Gasteiger charge is 2.21. The van der Waals surface area contributed by atoms with Crippen molar-refractivity contribution in [3.63, 3.8) is 0 Å². The minimum absolute atomic E-state index is 0.0281. The van der Waals surface area contributed by atoms with Gasteiger partial charge in [-0.2, -0.15) is 0 Å². The molecule has 0 aromatic carbocycles. The Morgan fingerprint density at radius 3 is 2.53 bits per heavy atom. The molecular formula is C13H26N2O2. The van der Waals surface area contributed by atoms with Gasteiger partial charge in [0.15, 0.2) is 0 Å².